The number of amides is 1. The molecule has 4 rings (SSSR count). The highest BCUT2D eigenvalue weighted by Gasteiger charge is 2.55. The molecule has 3 unspecified atom stereocenters. The minimum Gasteiger partial charge on any atom is -0.366 e. The Kier molecular flexibility index (Phi) is 3.75. The molecule has 132 valence electrons. The van der Waals surface area contributed by atoms with E-state index in [1.807, 2.05) is 11.0 Å². The fraction of sp³-hybridized carbons (Fsp3) is 0.650. The van der Waals surface area contributed by atoms with Gasteiger partial charge in [0.2, 0.25) is 11.3 Å². The van der Waals surface area contributed by atoms with E-state index in [0.29, 0.717) is 29.9 Å². The van der Waals surface area contributed by atoms with Gasteiger partial charge in [-0.25, -0.2) is 0 Å². The quantitative estimate of drug-likeness (QED) is 0.900. The average molecular weight is 339 g/mol. The number of H-pyrrole nitrogens is 1. The van der Waals surface area contributed by atoms with Gasteiger partial charge < -0.3 is 9.88 Å². The molecule has 2 saturated carbocycles. The van der Waals surface area contributed by atoms with Crippen LogP contribution in [0.1, 0.15) is 63.1 Å². The van der Waals surface area contributed by atoms with Crippen LogP contribution in [0.5, 0.6) is 0 Å². The first-order chi connectivity index (χ1) is 11.9. The summed E-state index contributed by atoms with van der Waals surface area (Å²) in [6.07, 6.45) is 8.49. The third-order valence-corrected chi connectivity index (χ3v) is 6.87. The molecule has 5 nitrogen and oxygen atoms in total. The van der Waals surface area contributed by atoms with E-state index in [9.17, 15) is 9.59 Å². The molecule has 5 heteroatoms. The van der Waals surface area contributed by atoms with Crippen LogP contribution in [0.3, 0.4) is 0 Å². The van der Waals surface area contributed by atoms with E-state index in [4.69, 9.17) is 5.26 Å². The monoisotopic (exact) mass is 339 g/mol. The first kappa shape index (κ1) is 16.4. The van der Waals surface area contributed by atoms with Gasteiger partial charge in [0, 0.05) is 29.9 Å². The van der Waals surface area contributed by atoms with Crippen molar-refractivity contribution in [2.24, 2.45) is 23.2 Å². The summed E-state index contributed by atoms with van der Waals surface area (Å²) in [5, 5.41) is 9.15. The van der Waals surface area contributed by atoms with Crippen molar-refractivity contribution >= 4 is 5.91 Å². The number of carbonyl (C=O) groups excluding carboxylic acids is 1. The highest BCUT2D eigenvalue weighted by Crippen LogP contribution is 2.57. The number of nitrogens with one attached hydrogen (secondary N) is 1. The zero-order valence-corrected chi connectivity index (χ0v) is 14.9. The standard InChI is InChI=1S/C20H25N3O2/c1-12-5-17(16-10-22-9-14(8-21)18(16)24)23(11-12)19(25)20(2)7-13-3-4-15(20)6-13/h9-10,12-13,15,17H,3-7,11H2,1-2H3,(H,22,24)/t12-,13?,15?,17+,20?/m1/s1. The lowest BCUT2D eigenvalue weighted by molar-refractivity contribution is -0.145. The molecule has 1 amide bonds. The van der Waals surface area contributed by atoms with Crippen molar-refractivity contribution in [2.45, 2.75) is 52.0 Å². The minimum atomic E-state index is -0.273. The molecule has 1 aliphatic heterocycles. The predicted molar refractivity (Wildman–Crippen MR) is 93.6 cm³/mol. The van der Waals surface area contributed by atoms with Crippen LogP contribution >= 0.6 is 0 Å². The van der Waals surface area contributed by atoms with Gasteiger partial charge in [0.15, 0.2) is 0 Å². The molecule has 0 radical (unpaired) electrons. The lowest BCUT2D eigenvalue weighted by Gasteiger charge is -2.38. The lowest BCUT2D eigenvalue weighted by atomic mass is 9.73. The summed E-state index contributed by atoms with van der Waals surface area (Å²) in [6, 6.07) is 1.74. The van der Waals surface area contributed by atoms with Crippen molar-refractivity contribution in [2.75, 3.05) is 6.54 Å². The first-order valence-corrected chi connectivity index (χ1v) is 9.36. The minimum absolute atomic E-state index is 0.121. The Hall–Kier alpha value is -2.09. The van der Waals surface area contributed by atoms with Crippen LogP contribution in [0.4, 0.5) is 0 Å². The van der Waals surface area contributed by atoms with Crippen LogP contribution in [0, 0.1) is 34.5 Å². The predicted octanol–water partition coefficient (Wildman–Crippen LogP) is 2.98. The Morgan fingerprint density at radius 3 is 2.80 bits per heavy atom. The van der Waals surface area contributed by atoms with Crippen molar-refractivity contribution in [1.29, 1.82) is 5.26 Å². The molecule has 1 saturated heterocycles. The van der Waals surface area contributed by atoms with Gasteiger partial charge in [-0.15, -0.1) is 0 Å². The van der Waals surface area contributed by atoms with Crippen LogP contribution in [0.15, 0.2) is 17.2 Å². The maximum atomic E-state index is 13.5. The van der Waals surface area contributed by atoms with Crippen LogP contribution in [-0.2, 0) is 4.79 Å². The molecule has 1 N–H and O–H groups in total. The number of hydrogen-bond donors (Lipinski definition) is 1. The van der Waals surface area contributed by atoms with E-state index in [2.05, 4.69) is 18.8 Å². The summed E-state index contributed by atoms with van der Waals surface area (Å²) in [4.78, 5) is 31.0. The van der Waals surface area contributed by atoms with E-state index >= 15 is 0 Å². The number of nitriles is 1. The maximum Gasteiger partial charge on any atom is 0.229 e. The second-order valence-electron chi connectivity index (χ2n) is 8.58. The van der Waals surface area contributed by atoms with Crippen LogP contribution < -0.4 is 5.43 Å². The van der Waals surface area contributed by atoms with Gasteiger partial charge in [-0.05, 0) is 43.4 Å². The Balaban J connectivity index is 1.68. The summed E-state index contributed by atoms with van der Waals surface area (Å²) >= 11 is 0. The van der Waals surface area contributed by atoms with Crippen LogP contribution in [0.25, 0.3) is 0 Å². The molecule has 3 fully saturated rings. The second-order valence-corrected chi connectivity index (χ2v) is 8.58. The highest BCUT2D eigenvalue weighted by atomic mass is 16.2. The molecular weight excluding hydrogens is 314 g/mol. The van der Waals surface area contributed by atoms with Gasteiger partial charge in [-0.1, -0.05) is 20.3 Å². The molecule has 2 heterocycles. The zero-order chi connectivity index (χ0) is 17.8. The smallest absolute Gasteiger partial charge is 0.229 e. The molecular formula is C20H25N3O2. The van der Waals surface area contributed by atoms with Crippen LogP contribution in [-0.4, -0.2) is 22.3 Å². The normalized spacial score (nSPS) is 36.6. The number of likely N-dealkylation sites (tertiary alicyclic amines) is 1. The number of hydrogen-bond acceptors (Lipinski definition) is 3. The molecule has 2 aliphatic carbocycles. The van der Waals surface area contributed by atoms with Gasteiger partial charge >= 0.3 is 0 Å². The zero-order valence-electron chi connectivity index (χ0n) is 14.9. The number of aromatic amines is 1. The Bertz CT molecular complexity index is 808. The Morgan fingerprint density at radius 2 is 2.16 bits per heavy atom. The van der Waals surface area contributed by atoms with E-state index in [0.717, 1.165) is 19.3 Å². The molecule has 3 aliphatic rings. The van der Waals surface area contributed by atoms with Crippen molar-refractivity contribution < 1.29 is 4.79 Å². The fourth-order valence-electron chi connectivity index (χ4n) is 5.59. The third-order valence-electron chi connectivity index (χ3n) is 6.87. The van der Waals surface area contributed by atoms with E-state index in [-0.39, 0.29) is 28.4 Å². The molecule has 2 bridgehead atoms. The van der Waals surface area contributed by atoms with Crippen molar-refractivity contribution in [3.8, 4) is 6.07 Å². The van der Waals surface area contributed by atoms with E-state index in [1.165, 1.54) is 19.0 Å². The van der Waals surface area contributed by atoms with Crippen molar-refractivity contribution in [3.05, 3.63) is 33.7 Å². The number of carbonyl (C=O) groups is 1. The lowest BCUT2D eigenvalue weighted by Crippen LogP contribution is -2.45. The molecule has 0 spiro atoms. The van der Waals surface area contributed by atoms with E-state index in [1.54, 1.807) is 6.20 Å². The number of pyridine rings is 1. The molecule has 0 aromatic carbocycles. The van der Waals surface area contributed by atoms with Crippen molar-refractivity contribution in [3.63, 3.8) is 0 Å². The second kappa shape index (κ2) is 5.72. The molecule has 5 atom stereocenters. The first-order valence-electron chi connectivity index (χ1n) is 9.36. The summed E-state index contributed by atoms with van der Waals surface area (Å²) in [6.45, 7) is 4.97. The topological polar surface area (TPSA) is 77.0 Å². The summed E-state index contributed by atoms with van der Waals surface area (Å²) < 4.78 is 0. The third kappa shape index (κ3) is 2.42. The largest absolute Gasteiger partial charge is 0.366 e. The number of nitrogens with zero attached hydrogens (tertiary/aromatic N) is 2. The molecule has 1 aromatic heterocycles. The van der Waals surface area contributed by atoms with Gasteiger partial charge in [0.25, 0.3) is 0 Å². The Labute approximate surface area is 148 Å². The maximum absolute atomic E-state index is 13.5. The van der Waals surface area contributed by atoms with Crippen LogP contribution in [0.2, 0.25) is 0 Å². The number of aromatic nitrogens is 1. The summed E-state index contributed by atoms with van der Waals surface area (Å²) in [5.41, 5.74) is 0.167. The van der Waals surface area contributed by atoms with Gasteiger partial charge in [-0.3, -0.25) is 9.59 Å². The Morgan fingerprint density at radius 1 is 1.36 bits per heavy atom. The number of fused-ring (bicyclic) bond motifs is 2. The molecule has 1 aromatic rings. The van der Waals surface area contributed by atoms with Crippen molar-refractivity contribution in [1.82, 2.24) is 9.88 Å². The average Bonchev–Trinajstić information content (AvgIpc) is 3.28. The molecule has 25 heavy (non-hydrogen) atoms. The van der Waals surface area contributed by atoms with Gasteiger partial charge in [0.1, 0.15) is 11.6 Å². The van der Waals surface area contributed by atoms with Gasteiger partial charge in [0.05, 0.1) is 6.04 Å². The van der Waals surface area contributed by atoms with Gasteiger partial charge in [-0.2, -0.15) is 5.26 Å². The highest BCUT2D eigenvalue weighted by molar-refractivity contribution is 5.84. The summed E-state index contributed by atoms with van der Waals surface area (Å²) in [5.74, 6) is 1.77. The SMILES string of the molecule is C[C@@H]1C[C@@H](c2c[nH]cc(C#N)c2=O)N(C(=O)C2(C)CC3CCC2C3)C1. The summed E-state index contributed by atoms with van der Waals surface area (Å²) in [7, 11) is 0. The number of rotatable bonds is 2. The fourth-order valence-corrected chi connectivity index (χ4v) is 5.59. The van der Waals surface area contributed by atoms with E-state index < -0.39 is 0 Å².